The van der Waals surface area contributed by atoms with E-state index >= 15 is 0 Å². The summed E-state index contributed by atoms with van der Waals surface area (Å²) in [5.41, 5.74) is 6.93. The van der Waals surface area contributed by atoms with E-state index < -0.39 is 17.9 Å². The van der Waals surface area contributed by atoms with E-state index in [4.69, 9.17) is 5.73 Å². The number of rotatable bonds is 3. The van der Waals surface area contributed by atoms with Gasteiger partial charge in [0.05, 0.1) is 5.56 Å². The Morgan fingerprint density at radius 3 is 2.43 bits per heavy atom. The zero-order valence-electron chi connectivity index (χ0n) is 11.1. The molecule has 0 radical (unpaired) electrons. The third-order valence-corrected chi connectivity index (χ3v) is 2.90. The van der Waals surface area contributed by atoms with Crippen molar-refractivity contribution in [3.8, 4) is 5.75 Å². The lowest BCUT2D eigenvalue weighted by Crippen LogP contribution is -2.19. The van der Waals surface area contributed by atoms with Crippen LogP contribution in [-0.2, 0) is 0 Å². The molecule has 2 aromatic rings. The Kier molecular flexibility index (Phi) is 3.88. The summed E-state index contributed by atoms with van der Waals surface area (Å²) in [7, 11) is 0. The van der Waals surface area contributed by atoms with Crippen molar-refractivity contribution in [1.82, 2.24) is 0 Å². The van der Waals surface area contributed by atoms with E-state index in [1.54, 1.807) is 13.0 Å². The Morgan fingerprint density at radius 1 is 1.14 bits per heavy atom. The maximum absolute atomic E-state index is 12.4. The number of aryl methyl sites for hydroxylation is 1. The molecular formula is C15H12F3NO2. The van der Waals surface area contributed by atoms with Gasteiger partial charge in [-0.15, -0.1) is 13.2 Å². The molecule has 0 fully saturated rings. The number of benzene rings is 2. The first-order chi connectivity index (χ1) is 9.78. The van der Waals surface area contributed by atoms with Gasteiger partial charge in [-0.1, -0.05) is 24.3 Å². The van der Waals surface area contributed by atoms with Crippen molar-refractivity contribution in [3.05, 3.63) is 59.2 Å². The normalized spacial score (nSPS) is 11.2. The molecule has 0 saturated heterocycles. The molecule has 3 nitrogen and oxygen atoms in total. The first kappa shape index (κ1) is 14.9. The van der Waals surface area contributed by atoms with Gasteiger partial charge in [-0.05, 0) is 30.7 Å². The number of ether oxygens (including phenoxy) is 1. The van der Waals surface area contributed by atoms with E-state index in [1.165, 1.54) is 30.3 Å². The summed E-state index contributed by atoms with van der Waals surface area (Å²) in [4.78, 5) is 12.3. The molecule has 0 amide bonds. The highest BCUT2D eigenvalue weighted by Gasteiger charge is 2.32. The minimum Gasteiger partial charge on any atom is -0.405 e. The van der Waals surface area contributed by atoms with Crippen LogP contribution in [0.15, 0.2) is 42.5 Å². The van der Waals surface area contributed by atoms with Crippen molar-refractivity contribution in [2.45, 2.75) is 13.3 Å². The monoisotopic (exact) mass is 295 g/mol. The number of hydrogen-bond donors (Lipinski definition) is 1. The lowest BCUT2D eigenvalue weighted by Gasteiger charge is -2.12. The lowest BCUT2D eigenvalue weighted by molar-refractivity contribution is -0.274. The van der Waals surface area contributed by atoms with Crippen LogP contribution in [0.1, 0.15) is 21.5 Å². The molecular weight excluding hydrogens is 283 g/mol. The number of carbonyl (C=O) groups excluding carboxylic acids is 1. The van der Waals surface area contributed by atoms with Crippen LogP contribution in [0.4, 0.5) is 18.9 Å². The molecule has 2 aromatic carbocycles. The second-order valence-corrected chi connectivity index (χ2v) is 4.44. The Bertz CT molecular complexity index is 681. The van der Waals surface area contributed by atoms with Crippen LogP contribution < -0.4 is 10.5 Å². The zero-order chi connectivity index (χ0) is 15.6. The van der Waals surface area contributed by atoms with E-state index in [0.29, 0.717) is 5.69 Å². The number of ketones is 1. The standard InChI is InChI=1S/C15H12F3NO2/c1-9-6-7-10(8-12(9)19)14(20)11-4-2-3-5-13(11)21-15(16,17)18/h2-8H,19H2,1H3. The Morgan fingerprint density at radius 2 is 1.81 bits per heavy atom. The van der Waals surface area contributed by atoms with Gasteiger partial charge in [0.25, 0.3) is 0 Å². The van der Waals surface area contributed by atoms with E-state index in [1.807, 2.05) is 0 Å². The van der Waals surface area contributed by atoms with Crippen LogP contribution in [0.3, 0.4) is 0 Å². The van der Waals surface area contributed by atoms with Crippen molar-refractivity contribution in [1.29, 1.82) is 0 Å². The number of anilines is 1. The minimum absolute atomic E-state index is 0.168. The molecule has 0 bridgehead atoms. The third-order valence-electron chi connectivity index (χ3n) is 2.90. The zero-order valence-corrected chi connectivity index (χ0v) is 11.1. The van der Waals surface area contributed by atoms with Gasteiger partial charge in [-0.2, -0.15) is 0 Å². The number of nitrogens with two attached hydrogens (primary N) is 1. The van der Waals surface area contributed by atoms with Crippen LogP contribution in [0, 0.1) is 6.92 Å². The molecule has 110 valence electrons. The molecule has 0 aromatic heterocycles. The fourth-order valence-corrected chi connectivity index (χ4v) is 1.81. The molecule has 21 heavy (non-hydrogen) atoms. The average molecular weight is 295 g/mol. The highest BCUT2D eigenvalue weighted by atomic mass is 19.4. The lowest BCUT2D eigenvalue weighted by atomic mass is 10.0. The second-order valence-electron chi connectivity index (χ2n) is 4.44. The summed E-state index contributed by atoms with van der Waals surface area (Å²) in [6.45, 7) is 1.77. The second kappa shape index (κ2) is 5.47. The van der Waals surface area contributed by atoms with Gasteiger partial charge >= 0.3 is 6.36 Å². The van der Waals surface area contributed by atoms with E-state index in [9.17, 15) is 18.0 Å². The third kappa shape index (κ3) is 3.53. The quantitative estimate of drug-likeness (QED) is 0.693. The van der Waals surface area contributed by atoms with Crippen LogP contribution in [0.25, 0.3) is 0 Å². The van der Waals surface area contributed by atoms with Crippen molar-refractivity contribution < 1.29 is 22.7 Å². The number of nitrogen functional groups attached to an aromatic ring is 1. The van der Waals surface area contributed by atoms with Crippen molar-refractivity contribution in [2.75, 3.05) is 5.73 Å². The SMILES string of the molecule is Cc1ccc(C(=O)c2ccccc2OC(F)(F)F)cc1N. The van der Waals surface area contributed by atoms with Gasteiger partial charge in [-0.3, -0.25) is 4.79 Å². The van der Waals surface area contributed by atoms with Crippen LogP contribution in [-0.4, -0.2) is 12.1 Å². The van der Waals surface area contributed by atoms with Gasteiger partial charge in [0.1, 0.15) is 5.75 Å². The molecule has 0 spiro atoms. The molecule has 6 heteroatoms. The first-order valence-corrected chi connectivity index (χ1v) is 6.03. The maximum atomic E-state index is 12.4. The molecule has 2 N–H and O–H groups in total. The molecule has 0 heterocycles. The average Bonchev–Trinajstić information content (AvgIpc) is 2.40. The molecule has 0 aliphatic carbocycles. The summed E-state index contributed by atoms with van der Waals surface area (Å²) in [5.74, 6) is -1.12. The highest BCUT2D eigenvalue weighted by Crippen LogP contribution is 2.28. The molecule has 0 saturated carbocycles. The molecule has 0 atom stereocenters. The highest BCUT2D eigenvalue weighted by molar-refractivity contribution is 6.11. The summed E-state index contributed by atoms with van der Waals surface area (Å²) >= 11 is 0. The van der Waals surface area contributed by atoms with E-state index in [2.05, 4.69) is 4.74 Å². The Balaban J connectivity index is 2.41. The predicted molar refractivity (Wildman–Crippen MR) is 72.1 cm³/mol. The minimum atomic E-state index is -4.86. The molecule has 0 aliphatic rings. The van der Waals surface area contributed by atoms with E-state index in [-0.39, 0.29) is 11.1 Å². The first-order valence-electron chi connectivity index (χ1n) is 6.03. The summed E-state index contributed by atoms with van der Waals surface area (Å²) in [6, 6.07) is 9.78. The predicted octanol–water partition coefficient (Wildman–Crippen LogP) is 3.71. The van der Waals surface area contributed by atoms with Gasteiger partial charge in [0, 0.05) is 11.3 Å². The number of carbonyl (C=O) groups is 1. The van der Waals surface area contributed by atoms with Gasteiger partial charge in [-0.25, -0.2) is 0 Å². The van der Waals surface area contributed by atoms with Crippen LogP contribution in [0.5, 0.6) is 5.75 Å². The summed E-state index contributed by atoms with van der Waals surface area (Å²) in [5, 5.41) is 0. The smallest absolute Gasteiger partial charge is 0.405 e. The van der Waals surface area contributed by atoms with Gasteiger partial charge in [0.15, 0.2) is 5.78 Å². The number of halogens is 3. The van der Waals surface area contributed by atoms with Crippen LogP contribution >= 0.6 is 0 Å². The largest absolute Gasteiger partial charge is 0.573 e. The van der Waals surface area contributed by atoms with Crippen molar-refractivity contribution in [2.24, 2.45) is 0 Å². The van der Waals surface area contributed by atoms with Gasteiger partial charge in [0.2, 0.25) is 0 Å². The Hall–Kier alpha value is -2.50. The number of alkyl halides is 3. The fraction of sp³-hybridized carbons (Fsp3) is 0.133. The number of para-hydroxylation sites is 1. The number of hydrogen-bond acceptors (Lipinski definition) is 3. The maximum Gasteiger partial charge on any atom is 0.573 e. The van der Waals surface area contributed by atoms with Gasteiger partial charge < -0.3 is 10.5 Å². The molecule has 2 rings (SSSR count). The van der Waals surface area contributed by atoms with Crippen molar-refractivity contribution in [3.63, 3.8) is 0 Å². The van der Waals surface area contributed by atoms with Crippen molar-refractivity contribution >= 4 is 11.5 Å². The Labute approximate surface area is 119 Å². The summed E-state index contributed by atoms with van der Waals surface area (Å²) < 4.78 is 40.9. The summed E-state index contributed by atoms with van der Waals surface area (Å²) in [6.07, 6.45) is -4.86. The topological polar surface area (TPSA) is 52.3 Å². The molecule has 0 unspecified atom stereocenters. The fourth-order valence-electron chi connectivity index (χ4n) is 1.81. The van der Waals surface area contributed by atoms with Crippen LogP contribution in [0.2, 0.25) is 0 Å². The molecule has 0 aliphatic heterocycles. The van der Waals surface area contributed by atoms with E-state index in [0.717, 1.165) is 11.6 Å².